The highest BCUT2D eigenvalue weighted by Gasteiger charge is 2.25. The number of hydrogen-bond donors (Lipinski definition) is 2. The molecule has 0 saturated heterocycles. The zero-order chi connectivity index (χ0) is 7.61. The van der Waals surface area contributed by atoms with Gasteiger partial charge >= 0.3 is 7.75 Å². The van der Waals surface area contributed by atoms with Crippen LogP contribution in [0.15, 0.2) is 30.6 Å². The lowest BCUT2D eigenvalue weighted by Gasteiger charge is -1.93. The molecule has 0 atom stereocenters. The monoisotopic (exact) mass is 239 g/mol. The fraction of sp³-hybridized carbons (Fsp3) is 0. The van der Waals surface area contributed by atoms with Gasteiger partial charge in [-0.3, -0.25) is 9.79 Å². The van der Waals surface area contributed by atoms with Gasteiger partial charge in [0, 0.05) is 12.1 Å². The van der Waals surface area contributed by atoms with Crippen molar-refractivity contribution in [2.75, 3.05) is 0 Å². The Morgan fingerprint density at radius 3 is 1.82 bits per heavy atom. The first-order chi connectivity index (χ1) is 4.61. The van der Waals surface area contributed by atoms with Crippen molar-refractivity contribution in [3.63, 3.8) is 0 Å². The summed E-state index contributed by atoms with van der Waals surface area (Å²) in [5.41, 5.74) is 0. The van der Waals surface area contributed by atoms with Crippen LogP contribution in [0.1, 0.15) is 0 Å². The quantitative estimate of drug-likeness (QED) is 0.512. The van der Waals surface area contributed by atoms with Gasteiger partial charge in [0.25, 0.3) is 0 Å². The highest BCUT2D eigenvalue weighted by Crippen LogP contribution is 2.25. The number of halogens is 1. The molecule has 0 aliphatic heterocycles. The zero-order valence-corrected chi connectivity index (χ0v) is 7.94. The van der Waals surface area contributed by atoms with E-state index in [2.05, 4.69) is 0 Å². The molecule has 0 amide bonds. The molecule has 0 aromatic carbocycles. The summed E-state index contributed by atoms with van der Waals surface area (Å²) >= 11 is 0. The van der Waals surface area contributed by atoms with Crippen LogP contribution >= 0.6 is 7.75 Å². The van der Waals surface area contributed by atoms with E-state index in [1.54, 1.807) is 18.2 Å². The molecule has 1 rings (SSSR count). The minimum absolute atomic E-state index is 0. The number of nitrogens with zero attached hydrogens (tertiary/aromatic N) is 1. The summed E-state index contributed by atoms with van der Waals surface area (Å²) in [7, 11) is -4.10. The molecule has 2 N–H and O–H groups in total. The van der Waals surface area contributed by atoms with Crippen molar-refractivity contribution in [3.05, 3.63) is 30.6 Å². The number of aromatic nitrogens is 1. The smallest absolute Gasteiger partial charge is 0.607 e. The van der Waals surface area contributed by atoms with E-state index in [1.165, 1.54) is 12.4 Å². The highest BCUT2D eigenvalue weighted by molar-refractivity contribution is 7.44. The van der Waals surface area contributed by atoms with Crippen molar-refractivity contribution in [3.8, 4) is 0 Å². The molecular weight excluding hydrogens is 233 g/mol. The van der Waals surface area contributed by atoms with E-state index in [4.69, 9.17) is 9.79 Å². The lowest BCUT2D eigenvalue weighted by Crippen LogP contribution is -3.00. The number of hydrogen-bond acceptors (Lipinski definition) is 1. The standard InChI is InChI=1S/C5H6NO3P.BrH/c7-10(8,9)6-4-2-1-3-5-6;/h1-5H,(H-,7,8,9);1H. The Bertz CT molecular complexity index is 260. The third kappa shape index (κ3) is 3.12. The maximum Gasteiger partial charge on any atom is 0.607 e. The summed E-state index contributed by atoms with van der Waals surface area (Å²) in [6, 6.07) is 4.80. The molecule has 6 heteroatoms. The maximum absolute atomic E-state index is 10.5. The summed E-state index contributed by atoms with van der Waals surface area (Å²) in [5, 5.41) is 0. The first-order valence-electron chi connectivity index (χ1n) is 2.63. The van der Waals surface area contributed by atoms with Crippen LogP contribution in [0.3, 0.4) is 0 Å². The summed E-state index contributed by atoms with van der Waals surface area (Å²) in [5.74, 6) is 0. The molecule has 0 fully saturated rings. The molecule has 1 aromatic heterocycles. The molecule has 11 heavy (non-hydrogen) atoms. The van der Waals surface area contributed by atoms with Gasteiger partial charge in [-0.15, -0.1) is 4.34 Å². The second-order valence-corrected chi connectivity index (χ2v) is 3.26. The fourth-order valence-corrected chi connectivity index (χ4v) is 1.06. The van der Waals surface area contributed by atoms with Crippen molar-refractivity contribution >= 4 is 7.75 Å². The van der Waals surface area contributed by atoms with Gasteiger partial charge in [0.05, 0.1) is 0 Å². The Hall–Kier alpha value is -0.220. The number of pyridine rings is 1. The molecule has 0 spiro atoms. The summed E-state index contributed by atoms with van der Waals surface area (Å²) < 4.78 is 11.3. The maximum atomic E-state index is 10.5. The van der Waals surface area contributed by atoms with Crippen molar-refractivity contribution in [1.29, 1.82) is 0 Å². The van der Waals surface area contributed by atoms with Gasteiger partial charge in [0.15, 0.2) is 12.4 Å². The third-order valence-electron chi connectivity index (χ3n) is 1.00. The lowest BCUT2D eigenvalue weighted by molar-refractivity contribution is -0.539. The Labute approximate surface area is 74.5 Å². The lowest BCUT2D eigenvalue weighted by atomic mass is 10.5. The Morgan fingerprint density at radius 1 is 1.09 bits per heavy atom. The molecule has 0 aliphatic rings. The second-order valence-electron chi connectivity index (χ2n) is 1.77. The van der Waals surface area contributed by atoms with Gasteiger partial charge in [0.2, 0.25) is 0 Å². The van der Waals surface area contributed by atoms with Gasteiger partial charge in [-0.25, -0.2) is 0 Å². The van der Waals surface area contributed by atoms with Crippen LogP contribution in [-0.4, -0.2) is 9.79 Å². The minimum Gasteiger partial charge on any atom is -1.00 e. The van der Waals surface area contributed by atoms with Crippen LogP contribution in [0.4, 0.5) is 0 Å². The van der Waals surface area contributed by atoms with Crippen molar-refractivity contribution in [1.82, 2.24) is 0 Å². The van der Waals surface area contributed by atoms with Crippen LogP contribution in [0.2, 0.25) is 0 Å². The molecule has 62 valence electrons. The van der Waals surface area contributed by atoms with E-state index in [9.17, 15) is 4.57 Å². The first-order valence-corrected chi connectivity index (χ1v) is 4.20. The molecular formula is C5H7BrNO3P. The average molecular weight is 240 g/mol. The van der Waals surface area contributed by atoms with E-state index in [0.29, 0.717) is 0 Å². The van der Waals surface area contributed by atoms with E-state index < -0.39 is 7.75 Å². The van der Waals surface area contributed by atoms with E-state index in [0.717, 1.165) is 4.34 Å². The largest absolute Gasteiger partial charge is 1.00 e. The van der Waals surface area contributed by atoms with Crippen LogP contribution in [0.25, 0.3) is 0 Å². The van der Waals surface area contributed by atoms with E-state index in [-0.39, 0.29) is 17.0 Å². The van der Waals surface area contributed by atoms with Crippen molar-refractivity contribution < 1.29 is 35.7 Å². The second kappa shape index (κ2) is 3.97. The van der Waals surface area contributed by atoms with E-state index >= 15 is 0 Å². The zero-order valence-electron chi connectivity index (χ0n) is 5.46. The number of rotatable bonds is 1. The molecule has 1 heterocycles. The Balaban J connectivity index is 0.000001000. The van der Waals surface area contributed by atoms with Gasteiger partial charge in [-0.05, 0) is 0 Å². The van der Waals surface area contributed by atoms with Gasteiger partial charge in [-0.1, -0.05) is 6.07 Å². The molecule has 4 nitrogen and oxygen atoms in total. The SMILES string of the molecule is O=P(O)(O)[n+]1ccccc1.[Br-]. The van der Waals surface area contributed by atoms with Crippen LogP contribution in [-0.2, 0) is 4.57 Å². The summed E-state index contributed by atoms with van der Waals surface area (Å²) in [6.45, 7) is 0. The minimum atomic E-state index is -4.10. The fourth-order valence-electron chi connectivity index (χ4n) is 0.563. The average Bonchev–Trinajstić information content (AvgIpc) is 1.88. The Morgan fingerprint density at radius 2 is 1.55 bits per heavy atom. The van der Waals surface area contributed by atoms with Gasteiger partial charge < -0.3 is 17.0 Å². The summed E-state index contributed by atoms with van der Waals surface area (Å²) in [4.78, 5) is 17.1. The van der Waals surface area contributed by atoms with Crippen LogP contribution in [0, 0.1) is 0 Å². The topological polar surface area (TPSA) is 61.4 Å². The van der Waals surface area contributed by atoms with Gasteiger partial charge in [-0.2, -0.15) is 4.57 Å². The van der Waals surface area contributed by atoms with Crippen molar-refractivity contribution in [2.24, 2.45) is 0 Å². The first kappa shape index (κ1) is 10.8. The molecule has 0 aliphatic carbocycles. The molecule has 0 radical (unpaired) electrons. The predicted molar refractivity (Wildman–Crippen MR) is 34.1 cm³/mol. The van der Waals surface area contributed by atoms with E-state index in [1.807, 2.05) is 0 Å². The Kier molecular flexibility index (Phi) is 3.89. The summed E-state index contributed by atoms with van der Waals surface area (Å²) in [6.07, 6.45) is 2.64. The molecule has 1 aromatic rings. The highest BCUT2D eigenvalue weighted by atomic mass is 79.9. The van der Waals surface area contributed by atoms with Gasteiger partial charge in [0.1, 0.15) is 0 Å². The third-order valence-corrected chi connectivity index (χ3v) is 1.87. The van der Waals surface area contributed by atoms with Crippen LogP contribution in [0.5, 0.6) is 0 Å². The van der Waals surface area contributed by atoms with Crippen molar-refractivity contribution in [2.45, 2.75) is 0 Å². The van der Waals surface area contributed by atoms with Crippen LogP contribution < -0.4 is 21.3 Å². The molecule has 0 bridgehead atoms. The molecule has 0 saturated carbocycles. The molecule has 0 unspecified atom stereocenters. The normalized spacial score (nSPS) is 10.4. The predicted octanol–water partition coefficient (Wildman–Crippen LogP) is -3.08.